The molecule has 1 nitrogen and oxygen atoms in total. The number of alkyl halides is 9. The third-order valence-electron chi connectivity index (χ3n) is 3.06. The molecule has 0 N–H and O–H groups in total. The predicted molar refractivity (Wildman–Crippen MR) is 64.7 cm³/mol. The summed E-state index contributed by atoms with van der Waals surface area (Å²) in [6.07, 6.45) is -15.7. The van der Waals surface area contributed by atoms with Gasteiger partial charge in [-0.25, -0.2) is 0 Å². The lowest BCUT2D eigenvalue weighted by atomic mass is 9.93. The van der Waals surface area contributed by atoms with Gasteiger partial charge in [-0.2, -0.15) is 39.5 Å². The number of pyridine rings is 1. The molecule has 0 unspecified atom stereocenters. The van der Waals surface area contributed by atoms with E-state index in [9.17, 15) is 39.5 Å². The van der Waals surface area contributed by atoms with Crippen molar-refractivity contribution in [2.75, 3.05) is 0 Å². The van der Waals surface area contributed by atoms with E-state index in [2.05, 4.69) is 4.98 Å². The van der Waals surface area contributed by atoms with Gasteiger partial charge >= 0.3 is 18.5 Å². The quantitative estimate of drug-likeness (QED) is 0.586. The minimum Gasteiger partial charge on any atom is -0.263 e. The molecule has 2 aromatic rings. The summed E-state index contributed by atoms with van der Waals surface area (Å²) in [5, 5.41) is 0. The molecule has 10 heteroatoms. The molecule has 130 valence electrons. The van der Waals surface area contributed by atoms with Gasteiger partial charge in [0.05, 0.1) is 16.7 Å². The van der Waals surface area contributed by atoms with Gasteiger partial charge in [0.2, 0.25) is 0 Å². The molecule has 1 heterocycles. The van der Waals surface area contributed by atoms with Crippen LogP contribution in [0.4, 0.5) is 39.5 Å². The van der Waals surface area contributed by atoms with E-state index >= 15 is 0 Å². The number of rotatable bonds is 1. The summed E-state index contributed by atoms with van der Waals surface area (Å²) in [6, 6.07) is 3.05. The molecule has 1 aromatic heterocycles. The van der Waals surface area contributed by atoms with Gasteiger partial charge in [0.25, 0.3) is 0 Å². The van der Waals surface area contributed by atoms with Crippen molar-refractivity contribution in [1.29, 1.82) is 0 Å². The first-order chi connectivity index (χ1) is 10.8. The summed E-state index contributed by atoms with van der Waals surface area (Å²) in [5.41, 5.74) is -8.16. The molecule has 1 aromatic carbocycles. The fraction of sp³-hybridized carbons (Fsp3) is 0.214. The monoisotopic (exact) mass is 359 g/mol. The molecule has 0 saturated carbocycles. The first-order valence-electron chi connectivity index (χ1n) is 6.12. The maximum atomic E-state index is 13.1. The Labute approximate surface area is 128 Å². The van der Waals surface area contributed by atoms with Crippen LogP contribution in [0, 0.1) is 0 Å². The van der Waals surface area contributed by atoms with Crippen LogP contribution in [0.25, 0.3) is 11.1 Å². The largest absolute Gasteiger partial charge is 0.418 e. The van der Waals surface area contributed by atoms with Crippen LogP contribution in [0.2, 0.25) is 0 Å². The first-order valence-corrected chi connectivity index (χ1v) is 6.12. The molecule has 0 aliphatic heterocycles. The SMILES string of the molecule is FC(F)(F)c1ccccc1-c1cncc(C(F)(F)F)c1C(F)(F)F. The maximum absolute atomic E-state index is 13.1. The number of benzene rings is 1. The van der Waals surface area contributed by atoms with Gasteiger partial charge in [0, 0.05) is 18.0 Å². The highest BCUT2D eigenvalue weighted by molar-refractivity contribution is 5.72. The molecule has 0 aliphatic carbocycles. The number of hydrogen-bond acceptors (Lipinski definition) is 1. The molecule has 0 saturated heterocycles. The standard InChI is InChI=1S/C14H6F9N/c15-12(16,17)9-4-2-1-3-7(9)8-5-24-6-10(13(18,19)20)11(8)14(21,22)23/h1-6H. The summed E-state index contributed by atoms with van der Waals surface area (Å²) in [5.74, 6) is 0. The second-order valence-electron chi connectivity index (χ2n) is 4.65. The third-order valence-corrected chi connectivity index (χ3v) is 3.06. The van der Waals surface area contributed by atoms with Gasteiger partial charge in [0.1, 0.15) is 0 Å². The van der Waals surface area contributed by atoms with Crippen LogP contribution in [0.15, 0.2) is 36.7 Å². The van der Waals surface area contributed by atoms with Gasteiger partial charge in [-0.1, -0.05) is 18.2 Å². The van der Waals surface area contributed by atoms with Gasteiger partial charge < -0.3 is 0 Å². The van der Waals surface area contributed by atoms with Crippen molar-refractivity contribution in [3.8, 4) is 11.1 Å². The average molecular weight is 359 g/mol. The Hall–Kier alpha value is -2.26. The van der Waals surface area contributed by atoms with Crippen molar-refractivity contribution in [3.63, 3.8) is 0 Å². The summed E-state index contributed by atoms with van der Waals surface area (Å²) >= 11 is 0. The molecule has 0 atom stereocenters. The third kappa shape index (κ3) is 3.46. The van der Waals surface area contributed by atoms with Crippen molar-refractivity contribution in [2.24, 2.45) is 0 Å². The van der Waals surface area contributed by atoms with Crippen LogP contribution in [0.3, 0.4) is 0 Å². The van der Waals surface area contributed by atoms with Crippen molar-refractivity contribution < 1.29 is 39.5 Å². The molecule has 0 amide bonds. The topological polar surface area (TPSA) is 12.9 Å². The zero-order valence-corrected chi connectivity index (χ0v) is 11.3. The Morgan fingerprint density at radius 2 is 1.12 bits per heavy atom. The second-order valence-corrected chi connectivity index (χ2v) is 4.65. The van der Waals surface area contributed by atoms with Gasteiger partial charge in [-0.05, 0) is 11.6 Å². The minimum absolute atomic E-state index is 0.0669. The minimum atomic E-state index is -5.53. The molecule has 0 radical (unpaired) electrons. The zero-order valence-electron chi connectivity index (χ0n) is 11.3. The van der Waals surface area contributed by atoms with Crippen LogP contribution in [0.1, 0.15) is 16.7 Å². The van der Waals surface area contributed by atoms with E-state index in [0.29, 0.717) is 18.3 Å². The van der Waals surface area contributed by atoms with Gasteiger partial charge in [-0.3, -0.25) is 4.98 Å². The highest BCUT2D eigenvalue weighted by Gasteiger charge is 2.46. The predicted octanol–water partition coefficient (Wildman–Crippen LogP) is 5.81. The Kier molecular flexibility index (Phi) is 4.28. The van der Waals surface area contributed by atoms with Crippen molar-refractivity contribution in [1.82, 2.24) is 4.98 Å². The first kappa shape index (κ1) is 18.1. The van der Waals surface area contributed by atoms with Crippen molar-refractivity contribution in [3.05, 3.63) is 53.3 Å². The Bertz CT molecular complexity index is 741. The Morgan fingerprint density at radius 3 is 1.62 bits per heavy atom. The van der Waals surface area contributed by atoms with Gasteiger partial charge in [-0.15, -0.1) is 0 Å². The van der Waals surface area contributed by atoms with Crippen LogP contribution in [0.5, 0.6) is 0 Å². The van der Waals surface area contributed by atoms with Gasteiger partial charge in [0.15, 0.2) is 0 Å². The number of hydrogen-bond donors (Lipinski definition) is 0. The molecule has 0 spiro atoms. The Morgan fingerprint density at radius 1 is 0.583 bits per heavy atom. The maximum Gasteiger partial charge on any atom is 0.418 e. The molecule has 24 heavy (non-hydrogen) atoms. The van der Waals surface area contributed by atoms with E-state index in [0.717, 1.165) is 12.1 Å². The normalized spacial score (nSPS) is 13.2. The summed E-state index contributed by atoms with van der Waals surface area (Å²) in [7, 11) is 0. The summed E-state index contributed by atoms with van der Waals surface area (Å²) in [6.45, 7) is 0. The van der Waals surface area contributed by atoms with Crippen LogP contribution < -0.4 is 0 Å². The van der Waals surface area contributed by atoms with Crippen LogP contribution in [-0.2, 0) is 18.5 Å². The lowest BCUT2D eigenvalue weighted by Crippen LogP contribution is -2.19. The van der Waals surface area contributed by atoms with E-state index in [1.807, 2.05) is 0 Å². The second kappa shape index (κ2) is 5.67. The fourth-order valence-electron chi connectivity index (χ4n) is 2.15. The highest BCUT2D eigenvalue weighted by Crippen LogP contribution is 2.46. The zero-order chi connectivity index (χ0) is 18.3. The molecule has 2 rings (SSSR count). The highest BCUT2D eigenvalue weighted by atomic mass is 19.4. The van der Waals surface area contributed by atoms with E-state index < -0.39 is 46.3 Å². The van der Waals surface area contributed by atoms with Crippen molar-refractivity contribution in [2.45, 2.75) is 18.5 Å². The number of nitrogens with zero attached hydrogens (tertiary/aromatic N) is 1. The fourth-order valence-corrected chi connectivity index (χ4v) is 2.15. The lowest BCUT2D eigenvalue weighted by Gasteiger charge is -2.20. The molecule has 0 fully saturated rings. The van der Waals surface area contributed by atoms with Crippen LogP contribution >= 0.6 is 0 Å². The average Bonchev–Trinajstić information content (AvgIpc) is 2.44. The molecule has 0 bridgehead atoms. The van der Waals surface area contributed by atoms with Crippen LogP contribution in [-0.4, -0.2) is 4.98 Å². The van der Waals surface area contributed by atoms with E-state index in [4.69, 9.17) is 0 Å². The number of halogens is 9. The lowest BCUT2D eigenvalue weighted by molar-refractivity contribution is -0.162. The smallest absolute Gasteiger partial charge is 0.263 e. The van der Waals surface area contributed by atoms with E-state index in [-0.39, 0.29) is 6.20 Å². The molecular weight excluding hydrogens is 353 g/mol. The summed E-state index contributed by atoms with van der Waals surface area (Å²) in [4.78, 5) is 3.04. The Balaban J connectivity index is 2.88. The summed E-state index contributed by atoms with van der Waals surface area (Å²) < 4.78 is 117. The van der Waals surface area contributed by atoms with Crippen molar-refractivity contribution >= 4 is 0 Å². The van der Waals surface area contributed by atoms with E-state index in [1.165, 1.54) is 0 Å². The van der Waals surface area contributed by atoms with E-state index in [1.54, 1.807) is 0 Å². The number of aromatic nitrogens is 1. The molecular formula is C14H6F9N. The molecule has 0 aliphatic rings.